The van der Waals surface area contributed by atoms with E-state index in [1.165, 1.54) is 24.3 Å². The molecule has 0 saturated carbocycles. The fourth-order valence-electron chi connectivity index (χ4n) is 3.45. The minimum absolute atomic E-state index is 0.0185. The standard InChI is InChI=1S/C22H29F2NO4/c1-3-4-5-15(2)19(26)11-10-18-14-22(23,24)21(29)25(18)13-12-16-6-8-17(9-7-16)20(27)28/h6-11,15,18-19,26H,3-5,12-14H2,1-2H3,(H,27,28)/t15-,18?,19+/m0/s1. The molecule has 0 bridgehead atoms. The average Bonchev–Trinajstić information content (AvgIpc) is 2.91. The van der Waals surface area contributed by atoms with Gasteiger partial charge >= 0.3 is 11.9 Å². The van der Waals surface area contributed by atoms with Crippen molar-refractivity contribution < 1.29 is 28.6 Å². The summed E-state index contributed by atoms with van der Waals surface area (Å²) in [6.45, 7) is 4.07. The Balaban J connectivity index is 2.03. The van der Waals surface area contributed by atoms with Gasteiger partial charge in [-0.1, -0.05) is 51.0 Å². The highest BCUT2D eigenvalue weighted by atomic mass is 19.3. The first-order chi connectivity index (χ1) is 13.7. The van der Waals surface area contributed by atoms with E-state index in [9.17, 15) is 23.5 Å². The number of alkyl halides is 2. The maximum Gasteiger partial charge on any atom is 0.335 e. The van der Waals surface area contributed by atoms with Crippen LogP contribution in [0.15, 0.2) is 36.4 Å². The van der Waals surface area contributed by atoms with Crippen molar-refractivity contribution in [3.8, 4) is 0 Å². The Morgan fingerprint density at radius 2 is 2.00 bits per heavy atom. The van der Waals surface area contributed by atoms with Gasteiger partial charge in [-0.05, 0) is 36.5 Å². The summed E-state index contributed by atoms with van der Waals surface area (Å²) < 4.78 is 28.0. The Morgan fingerprint density at radius 1 is 1.34 bits per heavy atom. The Hall–Kier alpha value is -2.28. The molecule has 3 atom stereocenters. The van der Waals surface area contributed by atoms with Crippen LogP contribution in [0.5, 0.6) is 0 Å². The van der Waals surface area contributed by atoms with Crippen molar-refractivity contribution in [3.63, 3.8) is 0 Å². The van der Waals surface area contributed by atoms with E-state index in [1.54, 1.807) is 12.1 Å². The van der Waals surface area contributed by atoms with Gasteiger partial charge in [0, 0.05) is 13.0 Å². The minimum Gasteiger partial charge on any atom is -0.478 e. The SMILES string of the molecule is CCCC[C@H](C)[C@H](O)C=CC1CC(F)(F)C(=O)N1CCc1ccc(C(=O)O)cc1. The Bertz CT molecular complexity index is 733. The molecular weight excluding hydrogens is 380 g/mol. The predicted octanol–water partition coefficient (Wildman–Crippen LogP) is 3.91. The molecule has 29 heavy (non-hydrogen) atoms. The van der Waals surface area contributed by atoms with Crippen LogP contribution in [0.3, 0.4) is 0 Å². The lowest BCUT2D eigenvalue weighted by molar-refractivity contribution is -0.148. The summed E-state index contributed by atoms with van der Waals surface area (Å²) in [5.41, 5.74) is 0.901. The number of aliphatic hydroxyl groups is 1. The Labute approximate surface area is 170 Å². The quantitative estimate of drug-likeness (QED) is 0.575. The zero-order valence-electron chi connectivity index (χ0n) is 16.9. The fraction of sp³-hybridized carbons (Fsp3) is 0.545. The van der Waals surface area contributed by atoms with Gasteiger partial charge in [-0.3, -0.25) is 4.79 Å². The number of carbonyl (C=O) groups excluding carboxylic acids is 1. The van der Waals surface area contributed by atoms with E-state index < -0.39 is 36.4 Å². The first-order valence-electron chi connectivity index (χ1n) is 10.0. The number of halogens is 2. The number of unbranched alkanes of at least 4 members (excludes halogenated alkanes) is 1. The summed E-state index contributed by atoms with van der Waals surface area (Å²) in [6, 6.07) is 5.36. The lowest BCUT2D eigenvalue weighted by Crippen LogP contribution is -2.37. The smallest absolute Gasteiger partial charge is 0.335 e. The molecule has 2 N–H and O–H groups in total. The number of carbonyl (C=O) groups is 2. The number of hydrogen-bond acceptors (Lipinski definition) is 3. The number of aliphatic hydroxyl groups excluding tert-OH is 1. The summed E-state index contributed by atoms with van der Waals surface area (Å²) in [5, 5.41) is 19.2. The average molecular weight is 409 g/mol. The summed E-state index contributed by atoms with van der Waals surface area (Å²) >= 11 is 0. The molecule has 1 aromatic carbocycles. The third-order valence-corrected chi connectivity index (χ3v) is 5.41. The van der Waals surface area contributed by atoms with Crippen LogP contribution < -0.4 is 0 Å². The number of rotatable bonds is 10. The van der Waals surface area contributed by atoms with Gasteiger partial charge < -0.3 is 15.1 Å². The third-order valence-electron chi connectivity index (χ3n) is 5.41. The molecule has 0 spiro atoms. The second-order valence-corrected chi connectivity index (χ2v) is 7.72. The first kappa shape index (κ1) is 23.0. The van der Waals surface area contributed by atoms with Gasteiger partial charge in [-0.25, -0.2) is 4.79 Å². The summed E-state index contributed by atoms with van der Waals surface area (Å²) in [6.07, 6.45) is 4.88. The van der Waals surface area contributed by atoms with Crippen LogP contribution >= 0.6 is 0 Å². The molecule has 1 unspecified atom stereocenters. The lowest BCUT2D eigenvalue weighted by atomic mass is 9.97. The molecule has 0 aliphatic carbocycles. The monoisotopic (exact) mass is 409 g/mol. The zero-order chi connectivity index (χ0) is 21.6. The molecule has 1 amide bonds. The van der Waals surface area contributed by atoms with Crippen LogP contribution in [0.2, 0.25) is 0 Å². The van der Waals surface area contributed by atoms with Crippen LogP contribution in [0, 0.1) is 5.92 Å². The van der Waals surface area contributed by atoms with E-state index in [1.807, 2.05) is 6.92 Å². The maximum absolute atomic E-state index is 14.0. The molecule has 1 heterocycles. The van der Waals surface area contributed by atoms with Crippen molar-refractivity contribution >= 4 is 11.9 Å². The van der Waals surface area contributed by atoms with Gasteiger partial charge in [0.05, 0.1) is 17.7 Å². The minimum atomic E-state index is -3.42. The molecule has 1 aliphatic rings. The van der Waals surface area contributed by atoms with Gasteiger partial charge in [0.2, 0.25) is 0 Å². The molecule has 2 rings (SSSR count). The maximum atomic E-state index is 14.0. The van der Waals surface area contributed by atoms with Crippen LogP contribution in [-0.4, -0.2) is 51.6 Å². The van der Waals surface area contributed by atoms with Crippen molar-refractivity contribution in [1.29, 1.82) is 0 Å². The number of benzene rings is 1. The highest BCUT2D eigenvalue weighted by Gasteiger charge is 2.52. The molecule has 0 aromatic heterocycles. The van der Waals surface area contributed by atoms with Gasteiger partial charge in [0.15, 0.2) is 0 Å². The first-order valence-corrected chi connectivity index (χ1v) is 10.0. The fourth-order valence-corrected chi connectivity index (χ4v) is 3.45. The van der Waals surface area contributed by atoms with Gasteiger partial charge in [-0.15, -0.1) is 0 Å². The van der Waals surface area contributed by atoms with Crippen molar-refractivity contribution in [3.05, 3.63) is 47.5 Å². The zero-order valence-corrected chi connectivity index (χ0v) is 16.9. The second-order valence-electron chi connectivity index (χ2n) is 7.72. The van der Waals surface area contributed by atoms with E-state index in [0.717, 1.165) is 29.7 Å². The second kappa shape index (κ2) is 9.96. The van der Waals surface area contributed by atoms with Gasteiger partial charge in [0.25, 0.3) is 5.91 Å². The Morgan fingerprint density at radius 3 is 2.59 bits per heavy atom. The van der Waals surface area contributed by atoms with Crippen molar-refractivity contribution in [2.45, 2.75) is 64.0 Å². The molecule has 0 radical (unpaired) electrons. The normalized spacial score (nSPS) is 20.9. The number of nitrogens with zero attached hydrogens (tertiary/aromatic N) is 1. The molecule has 5 nitrogen and oxygen atoms in total. The molecule has 1 saturated heterocycles. The van der Waals surface area contributed by atoms with Crippen LogP contribution in [0.1, 0.15) is 55.5 Å². The van der Waals surface area contributed by atoms with Gasteiger partial charge in [0.1, 0.15) is 0 Å². The van der Waals surface area contributed by atoms with Crippen molar-refractivity contribution in [2.75, 3.05) is 6.54 Å². The summed E-state index contributed by atoms with van der Waals surface area (Å²) in [7, 11) is 0. The van der Waals surface area contributed by atoms with Gasteiger partial charge in [-0.2, -0.15) is 8.78 Å². The van der Waals surface area contributed by atoms with Crippen LogP contribution in [0.25, 0.3) is 0 Å². The molecule has 1 aromatic rings. The highest BCUT2D eigenvalue weighted by molar-refractivity contribution is 5.87. The van der Waals surface area contributed by atoms with E-state index in [-0.39, 0.29) is 18.0 Å². The summed E-state index contributed by atoms with van der Waals surface area (Å²) in [5.74, 6) is -5.64. The van der Waals surface area contributed by atoms with E-state index in [2.05, 4.69) is 6.92 Å². The number of likely N-dealkylation sites (tertiary alicyclic amines) is 1. The molecule has 160 valence electrons. The number of carboxylic acids is 1. The Kier molecular flexibility index (Phi) is 7.90. The molecule has 1 aliphatic heterocycles. The van der Waals surface area contributed by atoms with Crippen molar-refractivity contribution in [2.24, 2.45) is 5.92 Å². The lowest BCUT2D eigenvalue weighted by Gasteiger charge is -2.22. The van der Waals surface area contributed by atoms with E-state index >= 15 is 0 Å². The largest absolute Gasteiger partial charge is 0.478 e. The number of hydrogen-bond donors (Lipinski definition) is 2. The third kappa shape index (κ3) is 6.10. The summed E-state index contributed by atoms with van der Waals surface area (Å²) in [4.78, 5) is 24.2. The number of carboxylic acid groups (broad SMARTS) is 1. The number of amides is 1. The number of aromatic carboxylic acids is 1. The van der Waals surface area contributed by atoms with E-state index in [4.69, 9.17) is 5.11 Å². The van der Waals surface area contributed by atoms with Crippen molar-refractivity contribution in [1.82, 2.24) is 4.90 Å². The van der Waals surface area contributed by atoms with E-state index in [0.29, 0.717) is 6.42 Å². The molecular formula is C22H29F2NO4. The highest BCUT2D eigenvalue weighted by Crippen LogP contribution is 2.34. The predicted molar refractivity (Wildman–Crippen MR) is 106 cm³/mol. The topological polar surface area (TPSA) is 77.8 Å². The molecule has 1 fully saturated rings. The van der Waals surface area contributed by atoms with Crippen LogP contribution in [-0.2, 0) is 11.2 Å². The van der Waals surface area contributed by atoms with Crippen LogP contribution in [0.4, 0.5) is 8.78 Å². The molecule has 7 heteroatoms.